The number of hydrogen-bond donors (Lipinski definition) is 3. The molecule has 0 aliphatic carbocycles. The molecule has 1 aromatic heterocycles. The van der Waals surface area contributed by atoms with E-state index < -0.39 is 0 Å². The molecule has 1 aromatic rings. The van der Waals surface area contributed by atoms with Gasteiger partial charge in [0.15, 0.2) is 1.41 Å². The zero-order valence-corrected chi connectivity index (χ0v) is 10.1. The van der Waals surface area contributed by atoms with Gasteiger partial charge >= 0.3 is 0 Å². The number of ether oxygens (including phenoxy) is 1. The summed E-state index contributed by atoms with van der Waals surface area (Å²) in [7, 11) is 0. The van der Waals surface area contributed by atoms with Gasteiger partial charge in [0.25, 0.3) is 0 Å². The van der Waals surface area contributed by atoms with E-state index in [9.17, 15) is 5.11 Å². The summed E-state index contributed by atoms with van der Waals surface area (Å²) in [6.45, 7) is 3.11. The maximum atomic E-state index is 9.87. The van der Waals surface area contributed by atoms with Crippen molar-refractivity contribution in [3.63, 3.8) is 0 Å². The molecule has 6 heteroatoms. The van der Waals surface area contributed by atoms with Gasteiger partial charge in [-0.3, -0.25) is 5.32 Å². The van der Waals surface area contributed by atoms with Crippen LogP contribution in [0.25, 0.3) is 12.3 Å². The lowest BCUT2D eigenvalue weighted by atomic mass is 10.2. The topological polar surface area (TPSA) is 79.3 Å². The minimum atomic E-state index is -0.309. The van der Waals surface area contributed by atoms with Gasteiger partial charge in [-0.15, -0.1) is 0 Å². The van der Waals surface area contributed by atoms with E-state index in [-0.39, 0.29) is 18.1 Å². The minimum absolute atomic E-state index is 0.0404. The number of aryl methyl sites for hydroxylation is 1. The predicted molar refractivity (Wildman–Crippen MR) is 65.9 cm³/mol. The molecule has 0 bridgehead atoms. The number of aromatic hydroxyl groups is 1. The SMILES string of the molecule is [2H]N1C=c2nc(C)nc(O)c2=C[C@@H]1NC1CCOC1. The molecular weight excluding hydrogens is 232 g/mol. The van der Waals surface area contributed by atoms with Crippen molar-refractivity contribution in [3.8, 4) is 5.88 Å². The van der Waals surface area contributed by atoms with Gasteiger partial charge in [-0.2, -0.15) is 4.98 Å². The van der Waals surface area contributed by atoms with Crippen molar-refractivity contribution < 1.29 is 11.3 Å². The molecule has 2 atom stereocenters. The monoisotopic (exact) mass is 249 g/mol. The van der Waals surface area contributed by atoms with Crippen LogP contribution < -0.4 is 21.2 Å². The van der Waals surface area contributed by atoms with Gasteiger partial charge in [0, 0.05) is 18.8 Å². The van der Waals surface area contributed by atoms with E-state index in [0.29, 0.717) is 23.0 Å². The summed E-state index contributed by atoms with van der Waals surface area (Å²) in [6, 6.07) is 0.234. The lowest BCUT2D eigenvalue weighted by Gasteiger charge is -2.21. The fraction of sp³-hybridized carbons (Fsp3) is 0.500. The molecule has 18 heavy (non-hydrogen) atoms. The van der Waals surface area contributed by atoms with Crippen LogP contribution in [0.5, 0.6) is 5.88 Å². The van der Waals surface area contributed by atoms with E-state index in [4.69, 9.17) is 6.15 Å². The van der Waals surface area contributed by atoms with Crippen LogP contribution in [0.2, 0.25) is 1.41 Å². The number of nitrogens with one attached hydrogen (secondary N) is 2. The quantitative estimate of drug-likeness (QED) is 0.581. The standard InChI is InChI=1S/C12H16N4O2/c1-7-14-10-5-13-11(4-9(10)12(17)15-7)16-8-2-3-18-6-8/h4-5,8,11,13,16H,2-3,6H2,1H3,(H,14,15,17)/t8?,11-/m0/s1/i/hD. The van der Waals surface area contributed by atoms with Crippen LogP contribution in [0.4, 0.5) is 0 Å². The van der Waals surface area contributed by atoms with E-state index in [1.54, 1.807) is 19.2 Å². The maximum Gasteiger partial charge on any atom is 0.222 e. The lowest BCUT2D eigenvalue weighted by Crippen LogP contribution is -2.50. The minimum Gasteiger partial charge on any atom is -0.493 e. The summed E-state index contributed by atoms with van der Waals surface area (Å²) in [4.78, 5) is 8.16. The highest BCUT2D eigenvalue weighted by atomic mass is 16.5. The number of rotatable bonds is 2. The Hall–Kier alpha value is -1.66. The zero-order valence-electron chi connectivity index (χ0n) is 11.1. The van der Waals surface area contributed by atoms with Gasteiger partial charge in [0.05, 0.1) is 23.3 Å². The first-order valence-corrected chi connectivity index (χ1v) is 6.02. The molecule has 0 spiro atoms. The van der Waals surface area contributed by atoms with Crippen molar-refractivity contribution in [2.75, 3.05) is 13.2 Å². The molecule has 1 unspecified atom stereocenters. The van der Waals surface area contributed by atoms with Crippen LogP contribution in [-0.2, 0) is 4.74 Å². The van der Waals surface area contributed by atoms with E-state index >= 15 is 0 Å². The van der Waals surface area contributed by atoms with Gasteiger partial charge in [-0.1, -0.05) is 0 Å². The van der Waals surface area contributed by atoms with E-state index in [1.165, 1.54) is 5.31 Å². The first kappa shape index (κ1) is 10.3. The molecule has 2 aliphatic heterocycles. The number of hydrogen-bond acceptors (Lipinski definition) is 6. The van der Waals surface area contributed by atoms with Crippen LogP contribution in [0.3, 0.4) is 0 Å². The Morgan fingerprint density at radius 2 is 2.50 bits per heavy atom. The summed E-state index contributed by atoms with van der Waals surface area (Å²) < 4.78 is 13.3. The number of aromatic nitrogens is 2. The number of fused-ring (bicyclic) bond motifs is 1. The third-order valence-corrected chi connectivity index (χ3v) is 3.08. The summed E-state index contributed by atoms with van der Waals surface area (Å²) in [5.41, 5.74) is 0. The molecular formula is C12H16N4O2. The third-order valence-electron chi connectivity index (χ3n) is 3.08. The summed E-state index contributed by atoms with van der Waals surface area (Å²) in [5.74, 6) is 0.450. The molecule has 0 aromatic carbocycles. The highest BCUT2D eigenvalue weighted by Gasteiger charge is 2.19. The van der Waals surface area contributed by atoms with Crippen LogP contribution in [0.1, 0.15) is 12.2 Å². The second kappa shape index (κ2) is 4.55. The Kier molecular flexibility index (Phi) is 2.60. The molecule has 1 fully saturated rings. The van der Waals surface area contributed by atoms with E-state index in [1.807, 2.05) is 0 Å². The Morgan fingerprint density at radius 3 is 3.28 bits per heavy atom. The van der Waals surface area contributed by atoms with Gasteiger partial charge in [-0.25, -0.2) is 4.98 Å². The highest BCUT2D eigenvalue weighted by Crippen LogP contribution is 2.05. The van der Waals surface area contributed by atoms with Crippen molar-refractivity contribution >= 4 is 12.3 Å². The molecule has 6 nitrogen and oxygen atoms in total. The Bertz CT molecular complexity index is 600. The van der Waals surface area contributed by atoms with Crippen LogP contribution in [-0.4, -0.2) is 40.5 Å². The molecule has 2 aliphatic rings. The fourth-order valence-corrected chi connectivity index (χ4v) is 2.20. The summed E-state index contributed by atoms with van der Waals surface area (Å²) in [5, 5.41) is 15.6. The van der Waals surface area contributed by atoms with Crippen molar-refractivity contribution in [3.05, 3.63) is 16.4 Å². The molecule has 3 N–H and O–H groups in total. The van der Waals surface area contributed by atoms with Crippen LogP contribution in [0, 0.1) is 6.92 Å². The first-order chi connectivity index (χ1) is 9.13. The van der Waals surface area contributed by atoms with E-state index in [2.05, 4.69) is 15.3 Å². The largest absolute Gasteiger partial charge is 0.493 e. The van der Waals surface area contributed by atoms with Gasteiger partial charge in [-0.05, 0) is 19.4 Å². The Labute approximate surface area is 106 Å². The van der Waals surface area contributed by atoms with Gasteiger partial charge < -0.3 is 15.2 Å². The summed E-state index contributed by atoms with van der Waals surface area (Å²) in [6.07, 6.45) is 3.99. The Balaban J connectivity index is 1.94. The molecule has 1 saturated heterocycles. The normalized spacial score (nSPS) is 27.2. The molecule has 3 heterocycles. The number of nitrogens with zero attached hydrogens (tertiary/aromatic N) is 2. The van der Waals surface area contributed by atoms with Crippen molar-refractivity contribution in [2.24, 2.45) is 0 Å². The van der Waals surface area contributed by atoms with Gasteiger partial charge in [0.1, 0.15) is 5.82 Å². The molecule has 3 rings (SSSR count). The average Bonchev–Trinajstić information content (AvgIpc) is 2.83. The first-order valence-electron chi connectivity index (χ1n) is 6.46. The summed E-state index contributed by atoms with van der Waals surface area (Å²) >= 11 is 0. The average molecular weight is 249 g/mol. The van der Waals surface area contributed by atoms with Crippen molar-refractivity contribution in [1.29, 1.82) is 0 Å². The molecule has 0 radical (unpaired) electrons. The smallest absolute Gasteiger partial charge is 0.222 e. The molecule has 0 saturated carbocycles. The molecule has 0 amide bonds. The van der Waals surface area contributed by atoms with Crippen LogP contribution in [0.15, 0.2) is 0 Å². The van der Waals surface area contributed by atoms with Gasteiger partial charge in [0.2, 0.25) is 5.88 Å². The molecule has 96 valence electrons. The zero-order chi connectivity index (χ0) is 13.4. The lowest BCUT2D eigenvalue weighted by molar-refractivity contribution is 0.189. The second-order valence-electron chi connectivity index (χ2n) is 4.51. The maximum absolute atomic E-state index is 9.87. The predicted octanol–water partition coefficient (Wildman–Crippen LogP) is -1.68. The highest BCUT2D eigenvalue weighted by molar-refractivity contribution is 5.42. The fourth-order valence-electron chi connectivity index (χ4n) is 2.20. The van der Waals surface area contributed by atoms with Crippen LogP contribution >= 0.6 is 0 Å². The van der Waals surface area contributed by atoms with E-state index in [0.717, 1.165) is 13.0 Å². The third kappa shape index (κ3) is 2.16. The van der Waals surface area contributed by atoms with Crippen molar-refractivity contribution in [2.45, 2.75) is 25.6 Å². The second-order valence-corrected chi connectivity index (χ2v) is 4.51. The van der Waals surface area contributed by atoms with Crippen molar-refractivity contribution in [1.82, 2.24) is 20.6 Å². The Morgan fingerprint density at radius 1 is 1.61 bits per heavy atom.